The molecule has 1 saturated heterocycles. The average molecular weight is 411 g/mol. The van der Waals surface area contributed by atoms with Crippen molar-refractivity contribution in [1.29, 1.82) is 0 Å². The third-order valence-corrected chi connectivity index (χ3v) is 4.76. The Balaban J connectivity index is 2.03. The SMILES string of the molecule is CC(C)[C@@H](C(N)=O)N1C(=O)[C@@H](NC(=O)Nc2ccc(Br)cc2)CC1C. The standard InChI is InChI=1S/C17H23BrN4O3/c1-9(2)14(15(19)23)22-10(3)8-13(16(22)24)21-17(25)20-12-6-4-11(18)5-7-12/h4-7,9-10,13-14H,8H2,1-3H3,(H2,19,23)(H2,20,21,25)/t10?,13-,14-/m0/s1. The fourth-order valence-electron chi connectivity index (χ4n) is 3.13. The molecule has 1 fully saturated rings. The summed E-state index contributed by atoms with van der Waals surface area (Å²) in [6, 6.07) is 5.11. The molecule has 1 aromatic rings. The molecule has 0 saturated carbocycles. The first-order valence-electron chi connectivity index (χ1n) is 8.15. The number of anilines is 1. The van der Waals surface area contributed by atoms with Gasteiger partial charge in [0.15, 0.2) is 0 Å². The van der Waals surface area contributed by atoms with Gasteiger partial charge in [-0.15, -0.1) is 0 Å². The number of hydrogen-bond acceptors (Lipinski definition) is 3. The molecule has 0 aliphatic carbocycles. The maximum Gasteiger partial charge on any atom is 0.319 e. The minimum atomic E-state index is -0.677. The molecule has 8 heteroatoms. The summed E-state index contributed by atoms with van der Waals surface area (Å²) in [5, 5.41) is 5.37. The average Bonchev–Trinajstić information content (AvgIpc) is 2.77. The summed E-state index contributed by atoms with van der Waals surface area (Å²) >= 11 is 3.32. The smallest absolute Gasteiger partial charge is 0.319 e. The van der Waals surface area contributed by atoms with Crippen LogP contribution < -0.4 is 16.4 Å². The van der Waals surface area contributed by atoms with Crippen molar-refractivity contribution < 1.29 is 14.4 Å². The Morgan fingerprint density at radius 3 is 2.40 bits per heavy atom. The first kappa shape index (κ1) is 19.2. The number of nitrogens with one attached hydrogen (secondary N) is 2. The second-order valence-corrected chi connectivity index (χ2v) is 7.50. The van der Waals surface area contributed by atoms with Gasteiger partial charge in [-0.2, -0.15) is 0 Å². The maximum absolute atomic E-state index is 12.7. The Hall–Kier alpha value is -2.09. The number of amides is 4. The van der Waals surface area contributed by atoms with Crippen molar-refractivity contribution in [3.05, 3.63) is 28.7 Å². The highest BCUT2D eigenvalue weighted by molar-refractivity contribution is 9.10. The van der Waals surface area contributed by atoms with Crippen molar-refractivity contribution in [3.8, 4) is 0 Å². The van der Waals surface area contributed by atoms with Crippen LogP contribution in [0.15, 0.2) is 28.7 Å². The van der Waals surface area contributed by atoms with Gasteiger partial charge in [-0.1, -0.05) is 29.8 Å². The Morgan fingerprint density at radius 1 is 1.28 bits per heavy atom. The molecule has 1 unspecified atom stereocenters. The highest BCUT2D eigenvalue weighted by atomic mass is 79.9. The van der Waals surface area contributed by atoms with E-state index in [4.69, 9.17) is 5.73 Å². The number of likely N-dealkylation sites (tertiary alicyclic amines) is 1. The van der Waals surface area contributed by atoms with Crippen molar-refractivity contribution in [2.45, 2.75) is 45.3 Å². The van der Waals surface area contributed by atoms with Crippen LogP contribution in [0, 0.1) is 5.92 Å². The van der Waals surface area contributed by atoms with Crippen molar-refractivity contribution in [2.75, 3.05) is 5.32 Å². The van der Waals surface area contributed by atoms with Crippen LogP contribution >= 0.6 is 15.9 Å². The van der Waals surface area contributed by atoms with Crippen LogP contribution in [0.3, 0.4) is 0 Å². The van der Waals surface area contributed by atoms with Crippen LogP contribution in [0.2, 0.25) is 0 Å². The van der Waals surface area contributed by atoms with E-state index in [9.17, 15) is 14.4 Å². The van der Waals surface area contributed by atoms with E-state index in [-0.39, 0.29) is 17.9 Å². The highest BCUT2D eigenvalue weighted by Gasteiger charge is 2.44. The van der Waals surface area contributed by atoms with Crippen molar-refractivity contribution in [1.82, 2.24) is 10.2 Å². The van der Waals surface area contributed by atoms with Crippen LogP contribution in [-0.2, 0) is 9.59 Å². The Bertz CT molecular complexity index is 662. The van der Waals surface area contributed by atoms with Crippen molar-refractivity contribution in [3.63, 3.8) is 0 Å². The largest absolute Gasteiger partial charge is 0.368 e. The first-order valence-corrected chi connectivity index (χ1v) is 8.94. The normalized spacial score (nSPS) is 21.3. The summed E-state index contributed by atoms with van der Waals surface area (Å²) in [7, 11) is 0. The predicted octanol–water partition coefficient (Wildman–Crippen LogP) is 2.07. The lowest BCUT2D eigenvalue weighted by Gasteiger charge is -2.32. The molecule has 0 aromatic heterocycles. The number of benzene rings is 1. The molecule has 1 aliphatic rings. The number of nitrogens with two attached hydrogens (primary N) is 1. The molecule has 2 rings (SSSR count). The highest BCUT2D eigenvalue weighted by Crippen LogP contribution is 2.25. The molecule has 7 nitrogen and oxygen atoms in total. The third kappa shape index (κ3) is 4.50. The number of urea groups is 1. The molecule has 136 valence electrons. The van der Waals surface area contributed by atoms with Crippen molar-refractivity contribution >= 4 is 39.5 Å². The lowest BCUT2D eigenvalue weighted by molar-refractivity contribution is -0.140. The third-order valence-electron chi connectivity index (χ3n) is 4.23. The van der Waals surface area contributed by atoms with E-state index in [1.54, 1.807) is 24.3 Å². The van der Waals surface area contributed by atoms with Gasteiger partial charge in [-0.05, 0) is 43.5 Å². The first-order chi connectivity index (χ1) is 11.7. The van der Waals surface area contributed by atoms with E-state index < -0.39 is 24.0 Å². The number of carbonyl (C=O) groups is 3. The van der Waals surface area contributed by atoms with Gasteiger partial charge in [-0.25, -0.2) is 4.79 Å². The molecule has 0 bridgehead atoms. The zero-order chi connectivity index (χ0) is 18.7. The maximum atomic E-state index is 12.7. The summed E-state index contributed by atoms with van der Waals surface area (Å²) in [6.45, 7) is 5.54. The number of carbonyl (C=O) groups excluding carboxylic acids is 3. The molecule has 4 amide bonds. The summed E-state index contributed by atoms with van der Waals surface area (Å²) in [6.07, 6.45) is 0.434. The van der Waals surface area contributed by atoms with Crippen LogP contribution in [0.1, 0.15) is 27.2 Å². The summed E-state index contributed by atoms with van der Waals surface area (Å²) in [4.78, 5) is 38.1. The summed E-state index contributed by atoms with van der Waals surface area (Å²) < 4.78 is 0.903. The second kappa shape index (κ2) is 7.86. The Labute approximate surface area is 155 Å². The second-order valence-electron chi connectivity index (χ2n) is 6.58. The minimum absolute atomic E-state index is 0.0979. The molecular weight excluding hydrogens is 388 g/mol. The van der Waals surface area contributed by atoms with E-state index in [0.717, 1.165) is 4.47 Å². The minimum Gasteiger partial charge on any atom is -0.368 e. The molecule has 3 atom stereocenters. The zero-order valence-corrected chi connectivity index (χ0v) is 16.0. The number of rotatable bonds is 5. The number of primary amides is 1. The van der Waals surface area contributed by atoms with E-state index in [2.05, 4.69) is 26.6 Å². The molecule has 1 heterocycles. The van der Waals surface area contributed by atoms with Gasteiger partial charge in [0.2, 0.25) is 11.8 Å². The number of hydrogen-bond donors (Lipinski definition) is 3. The number of halogens is 1. The fraction of sp³-hybridized carbons (Fsp3) is 0.471. The van der Waals surface area contributed by atoms with Crippen LogP contribution in [0.25, 0.3) is 0 Å². The zero-order valence-electron chi connectivity index (χ0n) is 14.5. The Morgan fingerprint density at radius 2 is 1.88 bits per heavy atom. The van der Waals surface area contributed by atoms with E-state index in [1.807, 2.05) is 20.8 Å². The molecular formula is C17H23BrN4O3. The van der Waals surface area contributed by atoms with Gasteiger partial charge in [-0.3, -0.25) is 9.59 Å². The van der Waals surface area contributed by atoms with Gasteiger partial charge >= 0.3 is 6.03 Å². The molecule has 1 aromatic carbocycles. The van der Waals surface area contributed by atoms with Gasteiger partial charge < -0.3 is 21.3 Å². The topological polar surface area (TPSA) is 105 Å². The quantitative estimate of drug-likeness (QED) is 0.691. The lowest BCUT2D eigenvalue weighted by atomic mass is 10.0. The summed E-state index contributed by atoms with van der Waals surface area (Å²) in [5.74, 6) is -0.912. The van der Waals surface area contributed by atoms with Crippen LogP contribution in [0.5, 0.6) is 0 Å². The van der Waals surface area contributed by atoms with Crippen LogP contribution in [0.4, 0.5) is 10.5 Å². The van der Waals surface area contributed by atoms with E-state index in [0.29, 0.717) is 12.1 Å². The molecule has 25 heavy (non-hydrogen) atoms. The van der Waals surface area contributed by atoms with Gasteiger partial charge in [0.25, 0.3) is 0 Å². The molecule has 4 N–H and O–H groups in total. The van der Waals surface area contributed by atoms with E-state index in [1.165, 1.54) is 4.90 Å². The summed E-state index contributed by atoms with van der Waals surface area (Å²) in [5.41, 5.74) is 6.09. The van der Waals surface area contributed by atoms with Gasteiger partial charge in [0.1, 0.15) is 12.1 Å². The Kier molecular flexibility index (Phi) is 6.05. The van der Waals surface area contributed by atoms with E-state index >= 15 is 0 Å². The molecule has 0 radical (unpaired) electrons. The molecule has 1 aliphatic heterocycles. The predicted molar refractivity (Wildman–Crippen MR) is 98.8 cm³/mol. The number of nitrogens with zero attached hydrogens (tertiary/aromatic N) is 1. The molecule has 0 spiro atoms. The van der Waals surface area contributed by atoms with Crippen molar-refractivity contribution in [2.24, 2.45) is 11.7 Å². The van der Waals surface area contributed by atoms with Gasteiger partial charge in [0, 0.05) is 16.2 Å². The fourth-order valence-corrected chi connectivity index (χ4v) is 3.39. The van der Waals surface area contributed by atoms with Crippen LogP contribution in [-0.4, -0.2) is 40.9 Å². The van der Waals surface area contributed by atoms with Gasteiger partial charge in [0.05, 0.1) is 0 Å². The lowest BCUT2D eigenvalue weighted by Crippen LogP contribution is -2.53. The monoisotopic (exact) mass is 410 g/mol.